The van der Waals surface area contributed by atoms with Crippen molar-refractivity contribution >= 4 is 27.5 Å². The summed E-state index contributed by atoms with van der Waals surface area (Å²) in [6.45, 7) is 3.67. The molecule has 1 aromatic carbocycles. The van der Waals surface area contributed by atoms with E-state index in [0.717, 1.165) is 17.6 Å². The SMILES string of the molecule is Cc1cc(C(=O)NNS(=O)(=O)c2ccc(Cl)nc2)c(C)n1-c1ccccc1. The van der Waals surface area contributed by atoms with Gasteiger partial charge < -0.3 is 4.57 Å². The maximum atomic E-state index is 12.5. The summed E-state index contributed by atoms with van der Waals surface area (Å²) in [5.41, 5.74) is 5.07. The van der Waals surface area contributed by atoms with Crippen LogP contribution in [0.15, 0.2) is 59.6 Å². The minimum atomic E-state index is -3.96. The number of hydrogen-bond acceptors (Lipinski definition) is 4. The van der Waals surface area contributed by atoms with Crippen LogP contribution in [0, 0.1) is 13.8 Å². The van der Waals surface area contributed by atoms with Crippen molar-refractivity contribution in [2.24, 2.45) is 0 Å². The zero-order valence-corrected chi connectivity index (χ0v) is 16.2. The lowest BCUT2D eigenvalue weighted by Gasteiger charge is -2.10. The van der Waals surface area contributed by atoms with Crippen molar-refractivity contribution in [1.82, 2.24) is 19.8 Å². The van der Waals surface area contributed by atoms with E-state index in [-0.39, 0.29) is 10.0 Å². The van der Waals surface area contributed by atoms with Crippen LogP contribution in [-0.2, 0) is 10.0 Å². The number of aryl methyl sites for hydroxylation is 1. The number of rotatable bonds is 5. The van der Waals surface area contributed by atoms with Gasteiger partial charge in [0.1, 0.15) is 10.0 Å². The molecule has 2 heterocycles. The summed E-state index contributed by atoms with van der Waals surface area (Å²) in [6.07, 6.45) is 1.11. The number of para-hydroxylation sites is 1. The van der Waals surface area contributed by atoms with E-state index < -0.39 is 15.9 Å². The van der Waals surface area contributed by atoms with E-state index in [1.165, 1.54) is 12.1 Å². The second-order valence-corrected chi connectivity index (χ2v) is 7.90. The summed E-state index contributed by atoms with van der Waals surface area (Å²) in [5, 5.41) is 0.173. The fraction of sp³-hybridized carbons (Fsp3) is 0.111. The average Bonchev–Trinajstić information content (AvgIpc) is 2.95. The number of hydrazine groups is 1. The summed E-state index contributed by atoms with van der Waals surface area (Å²) in [7, 11) is -3.96. The summed E-state index contributed by atoms with van der Waals surface area (Å²) in [6, 6.07) is 13.9. The van der Waals surface area contributed by atoms with Gasteiger partial charge in [0, 0.05) is 23.3 Å². The Morgan fingerprint density at radius 3 is 2.44 bits per heavy atom. The Morgan fingerprint density at radius 1 is 1.11 bits per heavy atom. The van der Waals surface area contributed by atoms with Gasteiger partial charge in [-0.25, -0.2) is 13.4 Å². The van der Waals surface area contributed by atoms with Crippen molar-refractivity contribution in [3.05, 3.63) is 76.8 Å². The van der Waals surface area contributed by atoms with E-state index in [1.54, 1.807) is 13.0 Å². The first-order valence-electron chi connectivity index (χ1n) is 7.97. The Balaban J connectivity index is 1.80. The first-order valence-corrected chi connectivity index (χ1v) is 9.84. The minimum Gasteiger partial charge on any atom is -0.318 e. The zero-order chi connectivity index (χ0) is 19.6. The summed E-state index contributed by atoms with van der Waals surface area (Å²) < 4.78 is 26.4. The van der Waals surface area contributed by atoms with Gasteiger partial charge in [0.05, 0.1) is 5.56 Å². The lowest BCUT2D eigenvalue weighted by atomic mass is 10.2. The van der Waals surface area contributed by atoms with Gasteiger partial charge in [-0.1, -0.05) is 29.8 Å². The number of carbonyl (C=O) groups excluding carboxylic acids is 1. The number of amides is 1. The van der Waals surface area contributed by atoms with Gasteiger partial charge in [-0.15, -0.1) is 4.83 Å². The highest BCUT2D eigenvalue weighted by molar-refractivity contribution is 7.89. The monoisotopic (exact) mass is 404 g/mol. The third-order valence-electron chi connectivity index (χ3n) is 4.00. The van der Waals surface area contributed by atoms with Crippen molar-refractivity contribution in [1.29, 1.82) is 0 Å². The molecule has 2 N–H and O–H groups in total. The van der Waals surface area contributed by atoms with Crippen LogP contribution in [-0.4, -0.2) is 23.9 Å². The van der Waals surface area contributed by atoms with Gasteiger partial charge in [0.2, 0.25) is 0 Å². The normalized spacial score (nSPS) is 11.4. The molecule has 0 saturated heterocycles. The second kappa shape index (κ2) is 7.51. The van der Waals surface area contributed by atoms with Crippen LogP contribution in [0.3, 0.4) is 0 Å². The van der Waals surface area contributed by atoms with E-state index in [0.29, 0.717) is 11.3 Å². The number of hydrogen-bond donors (Lipinski definition) is 2. The number of sulfonamides is 1. The fourth-order valence-corrected chi connectivity index (χ4v) is 3.62. The smallest absolute Gasteiger partial charge is 0.268 e. The number of carbonyl (C=O) groups is 1. The molecule has 0 bridgehead atoms. The van der Waals surface area contributed by atoms with Crippen molar-refractivity contribution in [2.45, 2.75) is 18.7 Å². The van der Waals surface area contributed by atoms with Gasteiger partial charge in [-0.3, -0.25) is 10.2 Å². The fourth-order valence-electron chi connectivity index (χ4n) is 2.73. The second-order valence-electron chi connectivity index (χ2n) is 5.83. The Labute approximate surface area is 162 Å². The molecule has 9 heteroatoms. The van der Waals surface area contributed by atoms with E-state index >= 15 is 0 Å². The molecule has 0 aliphatic rings. The molecule has 0 fully saturated rings. The van der Waals surface area contributed by atoms with Crippen LogP contribution in [0.4, 0.5) is 0 Å². The molecule has 3 aromatic rings. The van der Waals surface area contributed by atoms with Gasteiger partial charge in [0.15, 0.2) is 0 Å². The summed E-state index contributed by atoms with van der Waals surface area (Å²) in [5.74, 6) is -0.559. The summed E-state index contributed by atoms with van der Waals surface area (Å²) in [4.78, 5) is 18.2. The first kappa shape index (κ1) is 19.1. The third-order valence-corrected chi connectivity index (χ3v) is 5.46. The predicted molar refractivity (Wildman–Crippen MR) is 102 cm³/mol. The molecular formula is C18H17ClN4O3S. The van der Waals surface area contributed by atoms with E-state index in [1.807, 2.05) is 41.8 Å². The summed E-state index contributed by atoms with van der Waals surface area (Å²) >= 11 is 5.66. The maximum absolute atomic E-state index is 12.5. The lowest BCUT2D eigenvalue weighted by Crippen LogP contribution is -2.41. The molecule has 0 saturated carbocycles. The van der Waals surface area contributed by atoms with E-state index in [2.05, 4.69) is 15.2 Å². The molecule has 2 aromatic heterocycles. The van der Waals surface area contributed by atoms with Gasteiger partial charge in [-0.2, -0.15) is 0 Å². The van der Waals surface area contributed by atoms with Crippen LogP contribution in [0.1, 0.15) is 21.7 Å². The molecule has 140 valence electrons. The third kappa shape index (κ3) is 4.02. The van der Waals surface area contributed by atoms with Crippen molar-refractivity contribution in [3.63, 3.8) is 0 Å². The highest BCUT2D eigenvalue weighted by Gasteiger charge is 2.20. The van der Waals surface area contributed by atoms with E-state index in [9.17, 15) is 13.2 Å². The quantitative estimate of drug-likeness (QED) is 0.505. The molecule has 0 aliphatic carbocycles. The molecule has 0 atom stereocenters. The van der Waals surface area contributed by atoms with Gasteiger partial charge in [0.25, 0.3) is 15.9 Å². The molecule has 3 rings (SSSR count). The Hall–Kier alpha value is -2.68. The number of pyridine rings is 1. The molecular weight excluding hydrogens is 388 g/mol. The van der Waals surface area contributed by atoms with Crippen LogP contribution < -0.4 is 10.3 Å². The molecule has 1 amide bonds. The Morgan fingerprint density at radius 2 is 1.81 bits per heavy atom. The Bertz CT molecular complexity index is 1080. The molecule has 7 nitrogen and oxygen atoms in total. The predicted octanol–water partition coefficient (Wildman–Crippen LogP) is 2.77. The highest BCUT2D eigenvalue weighted by Crippen LogP contribution is 2.20. The van der Waals surface area contributed by atoms with Crippen molar-refractivity contribution in [3.8, 4) is 5.69 Å². The van der Waals surface area contributed by atoms with Crippen LogP contribution >= 0.6 is 11.6 Å². The topological polar surface area (TPSA) is 93.1 Å². The van der Waals surface area contributed by atoms with E-state index in [4.69, 9.17) is 11.6 Å². The number of nitrogens with one attached hydrogen (secondary N) is 2. The van der Waals surface area contributed by atoms with Gasteiger partial charge >= 0.3 is 0 Å². The van der Waals surface area contributed by atoms with Gasteiger partial charge in [-0.05, 0) is 44.2 Å². The molecule has 0 radical (unpaired) electrons. The van der Waals surface area contributed by atoms with Crippen LogP contribution in [0.2, 0.25) is 5.15 Å². The van der Waals surface area contributed by atoms with Crippen molar-refractivity contribution in [2.75, 3.05) is 0 Å². The number of aromatic nitrogens is 2. The van der Waals surface area contributed by atoms with Crippen LogP contribution in [0.5, 0.6) is 0 Å². The van der Waals surface area contributed by atoms with Crippen LogP contribution in [0.25, 0.3) is 5.69 Å². The number of nitrogens with zero attached hydrogens (tertiary/aromatic N) is 2. The maximum Gasteiger partial charge on any atom is 0.268 e. The lowest BCUT2D eigenvalue weighted by molar-refractivity contribution is 0.0944. The minimum absolute atomic E-state index is 0.109. The first-order chi connectivity index (χ1) is 12.8. The zero-order valence-electron chi connectivity index (χ0n) is 14.6. The number of halogens is 1. The molecule has 0 unspecified atom stereocenters. The standard InChI is InChI=1S/C18H17ClN4O3S/c1-12-10-16(13(2)23(12)14-6-4-3-5-7-14)18(24)21-22-27(25,26)15-8-9-17(19)20-11-15/h3-11,22H,1-2H3,(H,21,24). The molecule has 0 aliphatic heterocycles. The van der Waals surface area contributed by atoms with Crippen molar-refractivity contribution < 1.29 is 13.2 Å². The largest absolute Gasteiger partial charge is 0.318 e. The highest BCUT2D eigenvalue weighted by atomic mass is 35.5. The molecule has 0 spiro atoms. The Kier molecular flexibility index (Phi) is 5.31. The number of benzene rings is 1. The average molecular weight is 405 g/mol. The molecule has 27 heavy (non-hydrogen) atoms.